The number of H-pyrrole nitrogens is 1. The zero-order valence-corrected chi connectivity index (χ0v) is 12.2. The molecular formula is C17H19N3O. The van der Waals surface area contributed by atoms with E-state index in [4.69, 9.17) is 0 Å². The van der Waals surface area contributed by atoms with Crippen molar-refractivity contribution in [2.45, 2.75) is 26.4 Å². The minimum atomic E-state index is 0.0538. The molecule has 0 aliphatic heterocycles. The maximum absolute atomic E-state index is 9.95. The standard InChI is InChI=1S/C17H19N3O/c1-11-7-8-16(21)13(9-11)12(2)18-10-17-19-14-5-3-4-6-15(14)20-17/h3-9,12,18,21H,10H2,1-2H3,(H,19,20). The number of fused-ring (bicyclic) bond motifs is 1. The van der Waals surface area contributed by atoms with E-state index in [1.165, 1.54) is 0 Å². The monoisotopic (exact) mass is 281 g/mol. The van der Waals surface area contributed by atoms with Crippen LogP contribution in [0.2, 0.25) is 0 Å². The number of hydrogen-bond donors (Lipinski definition) is 3. The third kappa shape index (κ3) is 2.90. The summed E-state index contributed by atoms with van der Waals surface area (Å²) in [6.07, 6.45) is 0. The van der Waals surface area contributed by atoms with Crippen LogP contribution in [0.15, 0.2) is 42.5 Å². The van der Waals surface area contributed by atoms with Crippen molar-refractivity contribution in [2.24, 2.45) is 0 Å². The molecule has 0 aliphatic rings. The van der Waals surface area contributed by atoms with Crippen LogP contribution in [-0.4, -0.2) is 15.1 Å². The fraction of sp³-hybridized carbons (Fsp3) is 0.235. The summed E-state index contributed by atoms with van der Waals surface area (Å²) in [6.45, 7) is 4.69. The van der Waals surface area contributed by atoms with Crippen molar-refractivity contribution in [3.8, 4) is 5.75 Å². The van der Waals surface area contributed by atoms with Crippen molar-refractivity contribution in [3.63, 3.8) is 0 Å². The van der Waals surface area contributed by atoms with Gasteiger partial charge in [0.05, 0.1) is 17.6 Å². The Hall–Kier alpha value is -2.33. The molecule has 21 heavy (non-hydrogen) atoms. The highest BCUT2D eigenvalue weighted by Crippen LogP contribution is 2.25. The zero-order chi connectivity index (χ0) is 14.8. The number of hydrogen-bond acceptors (Lipinski definition) is 3. The van der Waals surface area contributed by atoms with Crippen LogP contribution < -0.4 is 5.32 Å². The minimum absolute atomic E-state index is 0.0538. The number of aryl methyl sites for hydroxylation is 1. The van der Waals surface area contributed by atoms with Crippen LogP contribution in [-0.2, 0) is 6.54 Å². The van der Waals surface area contributed by atoms with E-state index in [1.54, 1.807) is 6.07 Å². The van der Waals surface area contributed by atoms with E-state index in [2.05, 4.69) is 15.3 Å². The Labute approximate surface area is 123 Å². The molecular weight excluding hydrogens is 262 g/mol. The highest BCUT2D eigenvalue weighted by atomic mass is 16.3. The first-order valence-electron chi connectivity index (χ1n) is 7.10. The van der Waals surface area contributed by atoms with E-state index >= 15 is 0 Å². The molecule has 0 radical (unpaired) electrons. The molecule has 3 N–H and O–H groups in total. The van der Waals surface area contributed by atoms with Crippen molar-refractivity contribution in [3.05, 3.63) is 59.4 Å². The smallest absolute Gasteiger partial charge is 0.121 e. The van der Waals surface area contributed by atoms with Gasteiger partial charge in [-0.05, 0) is 32.0 Å². The predicted molar refractivity (Wildman–Crippen MR) is 84.2 cm³/mol. The molecule has 0 amide bonds. The first-order valence-corrected chi connectivity index (χ1v) is 7.10. The van der Waals surface area contributed by atoms with Gasteiger partial charge in [-0.15, -0.1) is 0 Å². The number of para-hydroxylation sites is 2. The molecule has 1 heterocycles. The number of benzene rings is 2. The average Bonchev–Trinajstić information content (AvgIpc) is 2.90. The summed E-state index contributed by atoms with van der Waals surface area (Å²) in [6, 6.07) is 13.7. The molecule has 0 spiro atoms. The van der Waals surface area contributed by atoms with Crippen molar-refractivity contribution >= 4 is 11.0 Å². The minimum Gasteiger partial charge on any atom is -0.508 e. The van der Waals surface area contributed by atoms with Gasteiger partial charge in [-0.25, -0.2) is 4.98 Å². The predicted octanol–water partition coefficient (Wildman–Crippen LogP) is 3.43. The second-order valence-electron chi connectivity index (χ2n) is 5.37. The van der Waals surface area contributed by atoms with Crippen LogP contribution in [0.25, 0.3) is 11.0 Å². The summed E-state index contributed by atoms with van der Waals surface area (Å²) < 4.78 is 0. The summed E-state index contributed by atoms with van der Waals surface area (Å²) in [4.78, 5) is 7.83. The van der Waals surface area contributed by atoms with Gasteiger partial charge in [-0.3, -0.25) is 0 Å². The summed E-state index contributed by atoms with van der Waals surface area (Å²) in [5, 5.41) is 13.3. The first-order chi connectivity index (χ1) is 10.1. The van der Waals surface area contributed by atoms with Gasteiger partial charge in [0.2, 0.25) is 0 Å². The van der Waals surface area contributed by atoms with Crippen molar-refractivity contribution in [1.82, 2.24) is 15.3 Å². The summed E-state index contributed by atoms with van der Waals surface area (Å²) in [7, 11) is 0. The van der Waals surface area contributed by atoms with Gasteiger partial charge < -0.3 is 15.4 Å². The molecule has 4 heteroatoms. The first kappa shape index (κ1) is 13.6. The number of rotatable bonds is 4. The number of aromatic nitrogens is 2. The van der Waals surface area contributed by atoms with Gasteiger partial charge in [0.1, 0.15) is 11.6 Å². The van der Waals surface area contributed by atoms with Crippen molar-refractivity contribution in [2.75, 3.05) is 0 Å². The lowest BCUT2D eigenvalue weighted by atomic mass is 10.0. The fourth-order valence-corrected chi connectivity index (χ4v) is 2.47. The highest BCUT2D eigenvalue weighted by Gasteiger charge is 2.11. The second kappa shape index (κ2) is 5.58. The Balaban J connectivity index is 1.73. The van der Waals surface area contributed by atoms with Gasteiger partial charge in [0, 0.05) is 11.6 Å². The molecule has 0 fully saturated rings. The molecule has 3 aromatic rings. The van der Waals surface area contributed by atoms with E-state index in [-0.39, 0.29) is 6.04 Å². The van der Waals surface area contributed by atoms with Crippen molar-refractivity contribution < 1.29 is 5.11 Å². The molecule has 2 aromatic carbocycles. The normalized spacial score (nSPS) is 12.7. The Morgan fingerprint density at radius 1 is 1.24 bits per heavy atom. The molecule has 1 unspecified atom stereocenters. The Kier molecular flexibility index (Phi) is 3.62. The maximum atomic E-state index is 9.95. The molecule has 0 bridgehead atoms. The number of nitrogens with zero attached hydrogens (tertiary/aromatic N) is 1. The largest absolute Gasteiger partial charge is 0.508 e. The Bertz CT molecular complexity index is 731. The molecule has 0 saturated carbocycles. The zero-order valence-electron chi connectivity index (χ0n) is 12.2. The molecule has 1 aromatic heterocycles. The van der Waals surface area contributed by atoms with Crippen LogP contribution in [0, 0.1) is 6.92 Å². The lowest BCUT2D eigenvalue weighted by molar-refractivity contribution is 0.451. The van der Waals surface area contributed by atoms with E-state index < -0.39 is 0 Å². The third-order valence-corrected chi connectivity index (χ3v) is 3.66. The van der Waals surface area contributed by atoms with Gasteiger partial charge in [0.15, 0.2) is 0 Å². The van der Waals surface area contributed by atoms with Gasteiger partial charge in [0.25, 0.3) is 0 Å². The number of imidazole rings is 1. The summed E-state index contributed by atoms with van der Waals surface area (Å²) in [5.74, 6) is 1.22. The van der Waals surface area contributed by atoms with Crippen LogP contribution in [0.3, 0.4) is 0 Å². The number of nitrogens with one attached hydrogen (secondary N) is 2. The lowest BCUT2D eigenvalue weighted by Gasteiger charge is -2.15. The average molecular weight is 281 g/mol. The molecule has 108 valence electrons. The number of aromatic hydroxyl groups is 1. The number of phenols is 1. The quantitative estimate of drug-likeness (QED) is 0.686. The number of aromatic amines is 1. The van der Waals surface area contributed by atoms with Crippen LogP contribution in [0.4, 0.5) is 0 Å². The molecule has 1 atom stereocenters. The van der Waals surface area contributed by atoms with E-state index in [0.717, 1.165) is 28.0 Å². The highest BCUT2D eigenvalue weighted by molar-refractivity contribution is 5.74. The maximum Gasteiger partial charge on any atom is 0.121 e. The van der Waals surface area contributed by atoms with E-state index in [0.29, 0.717) is 12.3 Å². The third-order valence-electron chi connectivity index (χ3n) is 3.66. The number of phenolic OH excluding ortho intramolecular Hbond substituents is 1. The topological polar surface area (TPSA) is 60.9 Å². The van der Waals surface area contributed by atoms with E-state index in [9.17, 15) is 5.11 Å². The SMILES string of the molecule is Cc1ccc(O)c(C(C)NCc2nc3ccccc3[nH]2)c1. The summed E-state index contributed by atoms with van der Waals surface area (Å²) in [5.41, 5.74) is 4.06. The Morgan fingerprint density at radius 2 is 2.05 bits per heavy atom. The van der Waals surface area contributed by atoms with E-state index in [1.807, 2.05) is 50.2 Å². The Morgan fingerprint density at radius 3 is 2.86 bits per heavy atom. The fourth-order valence-electron chi connectivity index (χ4n) is 2.47. The lowest BCUT2D eigenvalue weighted by Crippen LogP contribution is -2.19. The molecule has 4 nitrogen and oxygen atoms in total. The van der Waals surface area contributed by atoms with Gasteiger partial charge in [-0.2, -0.15) is 0 Å². The van der Waals surface area contributed by atoms with Gasteiger partial charge >= 0.3 is 0 Å². The van der Waals surface area contributed by atoms with Crippen LogP contribution in [0.1, 0.15) is 29.9 Å². The molecule has 0 aliphatic carbocycles. The van der Waals surface area contributed by atoms with Gasteiger partial charge in [-0.1, -0.05) is 29.8 Å². The van der Waals surface area contributed by atoms with Crippen LogP contribution in [0.5, 0.6) is 5.75 Å². The molecule has 3 rings (SSSR count). The second-order valence-corrected chi connectivity index (χ2v) is 5.37. The van der Waals surface area contributed by atoms with Crippen molar-refractivity contribution in [1.29, 1.82) is 0 Å². The summed E-state index contributed by atoms with van der Waals surface area (Å²) >= 11 is 0. The molecule has 0 saturated heterocycles. The van der Waals surface area contributed by atoms with Crippen LogP contribution >= 0.6 is 0 Å².